The van der Waals surface area contributed by atoms with Crippen LogP contribution in [0.2, 0.25) is 0 Å². The zero-order valence-corrected chi connectivity index (χ0v) is 38.3. The Bertz CT molecular complexity index is 1390. The van der Waals surface area contributed by atoms with Crippen LogP contribution in [0.3, 0.4) is 0 Å². The topological polar surface area (TPSA) is 142 Å². The Morgan fingerprint density at radius 3 is 1.18 bits per heavy atom. The van der Waals surface area contributed by atoms with Crippen LogP contribution in [0.25, 0.3) is 6.08 Å². The van der Waals surface area contributed by atoms with E-state index in [0.29, 0.717) is 44.2 Å². The van der Waals surface area contributed by atoms with Crippen molar-refractivity contribution in [3.63, 3.8) is 0 Å². The SMILES string of the molecule is C=C(C)C(=O)OC.C=C(C)C(=O)OCC.C=CC.C=CC(=O)OC.C=CC(=O)OCC.C=CCOC.C=COC.C=Cc1ccc(COC)cc1.COCc1ccccc1. The van der Waals surface area contributed by atoms with E-state index in [9.17, 15) is 19.2 Å². The first-order valence-corrected chi connectivity index (χ1v) is 18.1. The van der Waals surface area contributed by atoms with Gasteiger partial charge in [-0.2, -0.15) is 0 Å². The standard InChI is InChI=1S/C10H12O.C8H10O.C6H10O2.2C5H8O2.C4H6O2.C4H8O.C3H6O.C3H6/c1-3-9-4-6-10(7-5-9)8-11-2;1-9-7-8-5-3-2-4-6-8;1-4-8-6(7)5(2)3;1-4(2)5(6)7-3;1-3-5(6)7-4-2;1-3-4(5)6-2;1-3-4-5-2;1-3-4-2;1-3-2/h3-7H,1,8H2,2H3;2-6H,7H2,1H3;2,4H2,1,3H3;1H2,2-3H3;3H,1,4H2,2H3;3H,1H2,2H3;3H,1,4H2,2H3;3H,1H2,2H3;3H,1H2,2H3. The maximum absolute atomic E-state index is 10.4. The van der Waals surface area contributed by atoms with Gasteiger partial charge in [0.05, 0.1) is 60.6 Å². The first kappa shape index (κ1) is 68.6. The average molecular weight is 843 g/mol. The monoisotopic (exact) mass is 843 g/mol. The quantitative estimate of drug-likeness (QED) is 0.0587. The Morgan fingerprint density at radius 1 is 0.583 bits per heavy atom. The molecule has 0 fully saturated rings. The molecule has 0 aliphatic rings. The van der Waals surface area contributed by atoms with Crippen LogP contribution in [0.1, 0.15) is 51.3 Å². The number of methoxy groups -OCH3 is 6. The molecule has 0 bridgehead atoms. The highest BCUT2D eigenvalue weighted by Crippen LogP contribution is 2.05. The number of ether oxygens (including phenoxy) is 8. The summed E-state index contributed by atoms with van der Waals surface area (Å²) in [7, 11) is 9.24. The molecule has 2 aromatic rings. The van der Waals surface area contributed by atoms with Crippen molar-refractivity contribution in [1.82, 2.24) is 0 Å². The molecule has 12 heteroatoms. The highest BCUT2D eigenvalue weighted by Gasteiger charge is 1.98. The summed E-state index contributed by atoms with van der Waals surface area (Å²) in [6.45, 7) is 38.3. The minimum absolute atomic E-state index is 0.312. The van der Waals surface area contributed by atoms with Crippen LogP contribution in [0.4, 0.5) is 0 Å². The highest BCUT2D eigenvalue weighted by atomic mass is 16.5. The van der Waals surface area contributed by atoms with Gasteiger partial charge in [-0.15, -0.1) is 13.2 Å². The lowest BCUT2D eigenvalue weighted by molar-refractivity contribution is -0.138. The van der Waals surface area contributed by atoms with Crippen molar-refractivity contribution in [2.45, 2.75) is 47.8 Å². The van der Waals surface area contributed by atoms with Gasteiger partial charge in [0, 0.05) is 44.6 Å². The predicted octanol–water partition coefficient (Wildman–Crippen LogP) is 10.0. The van der Waals surface area contributed by atoms with E-state index in [2.05, 4.69) is 81.1 Å². The molecule has 0 aliphatic heterocycles. The molecular weight excluding hydrogens is 769 g/mol. The molecule has 0 atom stereocenters. The summed E-state index contributed by atoms with van der Waals surface area (Å²) in [4.78, 5) is 40.5. The molecule has 0 aliphatic carbocycles. The van der Waals surface area contributed by atoms with E-state index in [1.54, 1.807) is 68.3 Å². The number of benzene rings is 2. The van der Waals surface area contributed by atoms with E-state index < -0.39 is 5.97 Å². The fourth-order valence-corrected chi connectivity index (χ4v) is 2.49. The third-order valence-electron chi connectivity index (χ3n) is 5.11. The molecule has 0 spiro atoms. The number of rotatable bonds is 14. The van der Waals surface area contributed by atoms with Gasteiger partial charge in [0.2, 0.25) is 0 Å². The van der Waals surface area contributed by atoms with Crippen molar-refractivity contribution in [2.75, 3.05) is 62.5 Å². The molecule has 0 radical (unpaired) electrons. The van der Waals surface area contributed by atoms with Crippen molar-refractivity contribution >= 4 is 30.0 Å². The fourth-order valence-electron chi connectivity index (χ4n) is 2.49. The van der Waals surface area contributed by atoms with Crippen molar-refractivity contribution in [3.8, 4) is 0 Å². The Hall–Kier alpha value is -6.08. The maximum Gasteiger partial charge on any atom is 0.333 e. The Balaban J connectivity index is -0.000000108. The minimum Gasteiger partial charge on any atom is -0.505 e. The van der Waals surface area contributed by atoms with Gasteiger partial charge in [-0.3, -0.25) is 0 Å². The van der Waals surface area contributed by atoms with Gasteiger partial charge in [0.15, 0.2) is 0 Å². The second kappa shape index (κ2) is 59.6. The summed E-state index contributed by atoms with van der Waals surface area (Å²) in [6.07, 6.45) is 8.92. The van der Waals surface area contributed by atoms with Gasteiger partial charge < -0.3 is 37.9 Å². The van der Waals surface area contributed by atoms with Gasteiger partial charge in [-0.1, -0.05) is 112 Å². The molecule has 12 nitrogen and oxygen atoms in total. The molecule has 338 valence electrons. The number of allylic oxidation sites excluding steroid dienone is 1. The largest absolute Gasteiger partial charge is 0.505 e. The van der Waals surface area contributed by atoms with Crippen LogP contribution in [0.5, 0.6) is 0 Å². The second-order valence-corrected chi connectivity index (χ2v) is 10.3. The Kier molecular flexibility index (Phi) is 68.1. The van der Waals surface area contributed by atoms with Crippen molar-refractivity contribution < 1.29 is 57.1 Å². The zero-order valence-electron chi connectivity index (χ0n) is 38.3. The number of hydrogen-bond acceptors (Lipinski definition) is 12. The molecule has 0 N–H and O–H groups in total. The second-order valence-electron chi connectivity index (χ2n) is 10.3. The van der Waals surface area contributed by atoms with Gasteiger partial charge in [-0.05, 0) is 51.3 Å². The smallest absolute Gasteiger partial charge is 0.333 e. The third kappa shape index (κ3) is 66.7. The number of carbonyl (C=O) groups is 4. The first-order chi connectivity index (χ1) is 28.5. The van der Waals surface area contributed by atoms with Gasteiger partial charge in [0.1, 0.15) is 0 Å². The zero-order chi connectivity index (χ0) is 48.0. The highest BCUT2D eigenvalue weighted by molar-refractivity contribution is 5.87. The minimum atomic E-state index is -0.394. The molecule has 0 unspecified atom stereocenters. The lowest BCUT2D eigenvalue weighted by Crippen LogP contribution is -2.03. The first-order valence-electron chi connectivity index (χ1n) is 18.1. The van der Waals surface area contributed by atoms with E-state index in [1.165, 1.54) is 31.6 Å². The van der Waals surface area contributed by atoms with E-state index in [-0.39, 0.29) is 17.9 Å². The van der Waals surface area contributed by atoms with E-state index in [1.807, 2.05) is 67.6 Å². The van der Waals surface area contributed by atoms with Crippen molar-refractivity contribution in [2.24, 2.45) is 0 Å². The summed E-state index contributed by atoms with van der Waals surface area (Å²) in [5.74, 6) is -1.41. The molecular formula is C48H74O12. The summed E-state index contributed by atoms with van der Waals surface area (Å²) in [5.41, 5.74) is 4.44. The number of esters is 4. The van der Waals surface area contributed by atoms with Crippen LogP contribution in [0, 0.1) is 0 Å². The molecule has 2 aromatic carbocycles. The number of hydrogen-bond donors (Lipinski definition) is 0. The van der Waals surface area contributed by atoms with Crippen LogP contribution in [-0.2, 0) is 70.3 Å². The summed E-state index contributed by atoms with van der Waals surface area (Å²) in [5, 5.41) is 0. The molecule has 2 rings (SSSR count). The van der Waals surface area contributed by atoms with Crippen LogP contribution in [0.15, 0.2) is 149 Å². The third-order valence-corrected chi connectivity index (χ3v) is 5.11. The van der Waals surface area contributed by atoms with E-state index in [4.69, 9.17) is 9.47 Å². The van der Waals surface area contributed by atoms with Gasteiger partial charge in [0.25, 0.3) is 0 Å². The summed E-state index contributed by atoms with van der Waals surface area (Å²) in [6, 6.07) is 18.2. The summed E-state index contributed by atoms with van der Waals surface area (Å²) < 4.78 is 36.2. The summed E-state index contributed by atoms with van der Waals surface area (Å²) >= 11 is 0. The molecule has 60 heavy (non-hydrogen) atoms. The molecule has 0 saturated heterocycles. The van der Waals surface area contributed by atoms with Gasteiger partial charge >= 0.3 is 23.9 Å². The maximum atomic E-state index is 10.4. The molecule has 0 amide bonds. The fraction of sp³-hybridized carbons (Fsp3) is 0.333. The van der Waals surface area contributed by atoms with Crippen molar-refractivity contribution in [3.05, 3.63) is 166 Å². The molecule has 0 aromatic heterocycles. The Labute approximate surface area is 362 Å². The lowest BCUT2D eigenvalue weighted by atomic mass is 10.1. The number of carbonyl (C=O) groups excluding carboxylic acids is 4. The normalized spacial score (nSPS) is 7.92. The van der Waals surface area contributed by atoms with Crippen molar-refractivity contribution in [1.29, 1.82) is 0 Å². The van der Waals surface area contributed by atoms with E-state index >= 15 is 0 Å². The molecule has 0 heterocycles. The van der Waals surface area contributed by atoms with Crippen LogP contribution >= 0.6 is 0 Å². The predicted molar refractivity (Wildman–Crippen MR) is 247 cm³/mol. The average Bonchev–Trinajstić information content (AvgIpc) is 3.26. The van der Waals surface area contributed by atoms with Crippen LogP contribution in [-0.4, -0.2) is 86.4 Å². The van der Waals surface area contributed by atoms with Crippen LogP contribution < -0.4 is 0 Å². The molecule has 0 saturated carbocycles. The Morgan fingerprint density at radius 2 is 1.00 bits per heavy atom. The lowest BCUT2D eigenvalue weighted by Gasteiger charge is -1.98. The van der Waals surface area contributed by atoms with E-state index in [0.717, 1.165) is 17.7 Å². The van der Waals surface area contributed by atoms with Gasteiger partial charge in [-0.25, -0.2) is 19.2 Å².